The number of piperazine rings is 1. The lowest BCUT2D eigenvalue weighted by atomic mass is 10.2. The van der Waals surface area contributed by atoms with E-state index in [1.54, 1.807) is 9.80 Å². The molecule has 1 aliphatic rings. The molecule has 0 aliphatic carbocycles. The van der Waals surface area contributed by atoms with Crippen molar-refractivity contribution in [1.82, 2.24) is 20.1 Å². The van der Waals surface area contributed by atoms with Gasteiger partial charge >= 0.3 is 6.03 Å². The van der Waals surface area contributed by atoms with Crippen LogP contribution in [0.15, 0.2) is 12.3 Å². The lowest BCUT2D eigenvalue weighted by molar-refractivity contribution is 0.0665. The highest BCUT2D eigenvalue weighted by Gasteiger charge is 2.26. The maximum Gasteiger partial charge on any atom is 0.317 e. The molecular formula is C13H18ClN5O2. The number of nitrogens with one attached hydrogen (secondary N) is 1. The van der Waals surface area contributed by atoms with Crippen LogP contribution in [0.1, 0.15) is 17.3 Å². The Hall–Kier alpha value is -2.02. The van der Waals surface area contributed by atoms with Crippen molar-refractivity contribution < 1.29 is 9.59 Å². The van der Waals surface area contributed by atoms with Crippen LogP contribution in [-0.4, -0.2) is 59.4 Å². The van der Waals surface area contributed by atoms with Gasteiger partial charge in [-0.2, -0.15) is 0 Å². The standard InChI is InChI=1S/C13H18ClN5O2/c1-2-16-13(21)19-5-3-18(4-6-19)12(20)10-7-9(15)8-17-11(10)14/h7-8H,2-6,15H2,1H3,(H,16,21). The Kier molecular flexibility index (Phi) is 4.85. The number of hydrogen-bond donors (Lipinski definition) is 2. The zero-order chi connectivity index (χ0) is 15.4. The molecule has 21 heavy (non-hydrogen) atoms. The van der Waals surface area contributed by atoms with Crippen LogP contribution in [0.4, 0.5) is 10.5 Å². The Balaban J connectivity index is 2.00. The van der Waals surface area contributed by atoms with Crippen molar-refractivity contribution in [2.24, 2.45) is 0 Å². The van der Waals surface area contributed by atoms with Crippen molar-refractivity contribution in [2.75, 3.05) is 38.5 Å². The van der Waals surface area contributed by atoms with E-state index < -0.39 is 0 Å². The van der Waals surface area contributed by atoms with E-state index in [0.717, 1.165) is 0 Å². The molecule has 1 fully saturated rings. The van der Waals surface area contributed by atoms with Crippen LogP contribution in [0.25, 0.3) is 0 Å². The van der Waals surface area contributed by atoms with Gasteiger partial charge in [0.05, 0.1) is 17.4 Å². The molecule has 1 aromatic rings. The number of carbonyl (C=O) groups excluding carboxylic acids is 2. The van der Waals surface area contributed by atoms with E-state index >= 15 is 0 Å². The van der Waals surface area contributed by atoms with Crippen LogP contribution in [0.2, 0.25) is 5.15 Å². The SMILES string of the molecule is CCNC(=O)N1CCN(C(=O)c2cc(N)cnc2Cl)CC1. The number of nitrogens with two attached hydrogens (primary N) is 1. The molecule has 1 saturated heterocycles. The van der Waals surface area contributed by atoms with Gasteiger partial charge in [-0.1, -0.05) is 11.6 Å². The molecule has 0 spiro atoms. The van der Waals surface area contributed by atoms with E-state index in [2.05, 4.69) is 10.3 Å². The van der Waals surface area contributed by atoms with Gasteiger partial charge in [-0.15, -0.1) is 0 Å². The van der Waals surface area contributed by atoms with Crippen molar-refractivity contribution in [2.45, 2.75) is 6.92 Å². The number of rotatable bonds is 2. The van der Waals surface area contributed by atoms with Gasteiger partial charge in [0.25, 0.3) is 5.91 Å². The van der Waals surface area contributed by atoms with E-state index in [9.17, 15) is 9.59 Å². The fourth-order valence-electron chi connectivity index (χ4n) is 2.16. The summed E-state index contributed by atoms with van der Waals surface area (Å²) < 4.78 is 0. The minimum Gasteiger partial charge on any atom is -0.397 e. The van der Waals surface area contributed by atoms with Gasteiger partial charge in [0, 0.05) is 32.7 Å². The first-order chi connectivity index (χ1) is 10.0. The minimum absolute atomic E-state index is 0.103. The third-order valence-corrected chi connectivity index (χ3v) is 3.57. The summed E-state index contributed by atoms with van der Waals surface area (Å²) >= 11 is 5.94. The van der Waals surface area contributed by atoms with Gasteiger partial charge in [0.15, 0.2) is 0 Å². The number of hydrogen-bond acceptors (Lipinski definition) is 4. The Morgan fingerprint density at radius 1 is 1.33 bits per heavy atom. The second-order valence-electron chi connectivity index (χ2n) is 4.72. The van der Waals surface area contributed by atoms with E-state index in [1.807, 2.05) is 6.92 Å². The number of nitrogens with zero attached hydrogens (tertiary/aromatic N) is 3. The number of carbonyl (C=O) groups is 2. The molecule has 3 amide bonds. The molecular weight excluding hydrogens is 294 g/mol. The molecule has 0 unspecified atom stereocenters. The van der Waals surface area contributed by atoms with Crippen LogP contribution in [-0.2, 0) is 0 Å². The zero-order valence-electron chi connectivity index (χ0n) is 11.8. The van der Waals surface area contributed by atoms with E-state index in [1.165, 1.54) is 12.3 Å². The van der Waals surface area contributed by atoms with Crippen LogP contribution in [0.5, 0.6) is 0 Å². The molecule has 2 rings (SSSR count). The highest BCUT2D eigenvalue weighted by Crippen LogP contribution is 2.18. The monoisotopic (exact) mass is 311 g/mol. The molecule has 0 radical (unpaired) electrons. The lowest BCUT2D eigenvalue weighted by Crippen LogP contribution is -2.53. The van der Waals surface area contributed by atoms with Crippen LogP contribution >= 0.6 is 11.6 Å². The summed E-state index contributed by atoms with van der Waals surface area (Å²) in [6.45, 7) is 4.35. The summed E-state index contributed by atoms with van der Waals surface area (Å²) in [6, 6.07) is 1.42. The summed E-state index contributed by atoms with van der Waals surface area (Å²) in [5, 5.41) is 2.88. The summed E-state index contributed by atoms with van der Waals surface area (Å²) in [5.41, 5.74) is 6.32. The van der Waals surface area contributed by atoms with Crippen LogP contribution in [0.3, 0.4) is 0 Å². The van der Waals surface area contributed by atoms with E-state index in [4.69, 9.17) is 17.3 Å². The number of nitrogen functional groups attached to an aromatic ring is 1. The number of anilines is 1. The van der Waals surface area contributed by atoms with Gasteiger partial charge in [-0.05, 0) is 13.0 Å². The highest BCUT2D eigenvalue weighted by atomic mass is 35.5. The van der Waals surface area contributed by atoms with Gasteiger partial charge in [0.2, 0.25) is 0 Å². The fourth-order valence-corrected chi connectivity index (χ4v) is 2.34. The molecule has 8 heteroatoms. The largest absolute Gasteiger partial charge is 0.397 e. The van der Waals surface area contributed by atoms with Crippen molar-refractivity contribution in [1.29, 1.82) is 0 Å². The summed E-state index contributed by atoms with van der Waals surface area (Å²) in [4.78, 5) is 31.3. The third-order valence-electron chi connectivity index (χ3n) is 3.27. The number of pyridine rings is 1. The Bertz CT molecular complexity index is 543. The highest BCUT2D eigenvalue weighted by molar-refractivity contribution is 6.32. The average molecular weight is 312 g/mol. The van der Waals surface area contributed by atoms with Gasteiger partial charge in [-0.25, -0.2) is 9.78 Å². The summed E-state index contributed by atoms with van der Waals surface area (Å²) in [6.07, 6.45) is 1.41. The molecule has 1 aromatic heterocycles. The first kappa shape index (κ1) is 15.4. The van der Waals surface area contributed by atoms with Gasteiger partial charge in [0.1, 0.15) is 5.15 Å². The maximum atomic E-state index is 12.4. The van der Waals surface area contributed by atoms with Crippen LogP contribution < -0.4 is 11.1 Å². The topological polar surface area (TPSA) is 91.6 Å². The number of aromatic nitrogens is 1. The molecule has 0 aromatic carbocycles. The molecule has 1 aliphatic heterocycles. The lowest BCUT2D eigenvalue weighted by Gasteiger charge is -2.34. The predicted octanol–water partition coefficient (Wildman–Crippen LogP) is 0.805. The Morgan fingerprint density at radius 3 is 2.57 bits per heavy atom. The van der Waals surface area contributed by atoms with Gasteiger partial charge < -0.3 is 20.9 Å². The van der Waals surface area contributed by atoms with Crippen molar-refractivity contribution in [3.8, 4) is 0 Å². The number of halogens is 1. The first-order valence-corrected chi connectivity index (χ1v) is 7.13. The first-order valence-electron chi connectivity index (χ1n) is 6.76. The molecule has 3 N–H and O–H groups in total. The quantitative estimate of drug-likeness (QED) is 0.790. The fraction of sp³-hybridized carbons (Fsp3) is 0.462. The molecule has 114 valence electrons. The number of urea groups is 1. The Morgan fingerprint density at radius 2 is 1.95 bits per heavy atom. The summed E-state index contributed by atoms with van der Waals surface area (Å²) in [7, 11) is 0. The second kappa shape index (κ2) is 6.62. The third kappa shape index (κ3) is 3.55. The van der Waals surface area contributed by atoms with Crippen molar-refractivity contribution in [3.63, 3.8) is 0 Å². The van der Waals surface area contributed by atoms with Gasteiger partial charge in [-0.3, -0.25) is 4.79 Å². The maximum absolute atomic E-state index is 12.4. The second-order valence-corrected chi connectivity index (χ2v) is 5.08. The average Bonchev–Trinajstić information content (AvgIpc) is 2.49. The zero-order valence-corrected chi connectivity index (χ0v) is 12.6. The van der Waals surface area contributed by atoms with E-state index in [0.29, 0.717) is 44.0 Å². The van der Waals surface area contributed by atoms with E-state index in [-0.39, 0.29) is 17.1 Å². The normalized spacial score (nSPS) is 15.0. The molecule has 7 nitrogen and oxygen atoms in total. The Labute approximate surface area is 128 Å². The molecule has 0 atom stereocenters. The number of amides is 3. The summed E-state index contributed by atoms with van der Waals surface area (Å²) in [5.74, 6) is -0.213. The van der Waals surface area contributed by atoms with Crippen LogP contribution in [0, 0.1) is 0 Å². The molecule has 2 heterocycles. The smallest absolute Gasteiger partial charge is 0.317 e. The van der Waals surface area contributed by atoms with Crippen molar-refractivity contribution in [3.05, 3.63) is 23.0 Å². The predicted molar refractivity (Wildman–Crippen MR) is 80.2 cm³/mol. The minimum atomic E-state index is -0.213. The molecule has 0 bridgehead atoms. The molecule has 0 saturated carbocycles. The van der Waals surface area contributed by atoms with Crippen molar-refractivity contribution >= 4 is 29.2 Å².